The van der Waals surface area contributed by atoms with Crippen LogP contribution >= 0.6 is 0 Å². The summed E-state index contributed by atoms with van der Waals surface area (Å²) in [6, 6.07) is 5.87. The third-order valence-electron chi connectivity index (χ3n) is 3.67. The highest BCUT2D eigenvalue weighted by atomic mass is 16.7. The molecule has 0 aliphatic carbocycles. The number of fused-ring (bicyclic) bond motifs is 1. The second-order valence-corrected chi connectivity index (χ2v) is 5.41. The van der Waals surface area contributed by atoms with Gasteiger partial charge in [0, 0.05) is 0 Å². The number of ether oxygens (including phenoxy) is 5. The van der Waals surface area contributed by atoms with Gasteiger partial charge in [-0.2, -0.15) is 0 Å². The van der Waals surface area contributed by atoms with Crippen LogP contribution in [0.4, 0.5) is 0 Å². The Morgan fingerprint density at radius 3 is 3.00 bits per heavy atom. The van der Waals surface area contributed by atoms with E-state index in [1.807, 2.05) is 25.1 Å². The molecular formula is C16H20O6. The average Bonchev–Trinajstić information content (AvgIpc) is 3.01. The lowest BCUT2D eigenvalue weighted by Crippen LogP contribution is -2.38. The van der Waals surface area contributed by atoms with Crippen molar-refractivity contribution in [2.45, 2.75) is 32.0 Å². The van der Waals surface area contributed by atoms with Gasteiger partial charge < -0.3 is 23.7 Å². The van der Waals surface area contributed by atoms with Gasteiger partial charge in [-0.05, 0) is 37.5 Å². The van der Waals surface area contributed by atoms with Crippen LogP contribution < -0.4 is 9.47 Å². The highest BCUT2D eigenvalue weighted by molar-refractivity contribution is 5.75. The number of esters is 1. The van der Waals surface area contributed by atoms with Gasteiger partial charge in [0.25, 0.3) is 0 Å². The lowest BCUT2D eigenvalue weighted by atomic mass is 10.1. The molecule has 2 atom stereocenters. The molecule has 22 heavy (non-hydrogen) atoms. The minimum atomic E-state index is -0.596. The molecule has 0 spiro atoms. The van der Waals surface area contributed by atoms with Gasteiger partial charge in [0.1, 0.15) is 0 Å². The summed E-state index contributed by atoms with van der Waals surface area (Å²) < 4.78 is 26.6. The number of benzene rings is 1. The van der Waals surface area contributed by atoms with Crippen LogP contribution in [0.3, 0.4) is 0 Å². The Bertz CT molecular complexity index is 523. The van der Waals surface area contributed by atoms with Gasteiger partial charge in [0.15, 0.2) is 17.6 Å². The predicted octanol–water partition coefficient (Wildman–Crippen LogP) is 1.69. The number of carbonyl (C=O) groups is 1. The van der Waals surface area contributed by atoms with E-state index in [1.165, 1.54) is 0 Å². The summed E-state index contributed by atoms with van der Waals surface area (Å²) in [6.07, 6.45) is 0.761. The first kappa shape index (κ1) is 15.1. The van der Waals surface area contributed by atoms with Crippen molar-refractivity contribution in [1.82, 2.24) is 0 Å². The van der Waals surface area contributed by atoms with Crippen molar-refractivity contribution < 1.29 is 28.5 Å². The molecule has 0 unspecified atom stereocenters. The van der Waals surface area contributed by atoms with Crippen molar-refractivity contribution >= 4 is 5.97 Å². The fourth-order valence-electron chi connectivity index (χ4n) is 2.42. The highest BCUT2D eigenvalue weighted by Gasteiger charge is 2.25. The molecule has 1 aromatic carbocycles. The van der Waals surface area contributed by atoms with Crippen molar-refractivity contribution in [2.75, 3.05) is 26.6 Å². The third-order valence-corrected chi connectivity index (χ3v) is 3.67. The van der Waals surface area contributed by atoms with E-state index in [2.05, 4.69) is 0 Å². The maximum atomic E-state index is 11.9. The van der Waals surface area contributed by atoms with E-state index in [0.717, 1.165) is 29.9 Å². The van der Waals surface area contributed by atoms with E-state index in [-0.39, 0.29) is 25.5 Å². The van der Waals surface area contributed by atoms with E-state index in [9.17, 15) is 4.79 Å². The Kier molecular flexibility index (Phi) is 4.80. The molecule has 2 heterocycles. The van der Waals surface area contributed by atoms with E-state index in [4.69, 9.17) is 23.7 Å². The van der Waals surface area contributed by atoms with Gasteiger partial charge in [-0.1, -0.05) is 6.07 Å². The molecule has 120 valence electrons. The maximum absolute atomic E-state index is 11.9. The smallest absolute Gasteiger partial charge is 0.337 e. The van der Waals surface area contributed by atoms with Crippen LogP contribution in [-0.4, -0.2) is 44.8 Å². The minimum Gasteiger partial charge on any atom is -0.461 e. The van der Waals surface area contributed by atoms with Gasteiger partial charge in [-0.15, -0.1) is 0 Å². The maximum Gasteiger partial charge on any atom is 0.337 e. The standard InChI is InChI=1S/C16H20O6/c1-11(22-16(17)15-9-18-6-7-19-15)2-3-12-4-5-13-14(8-12)21-10-20-13/h4-5,8,11,15H,2-3,6-7,9-10H2,1H3/t11-,15+/m0/s1. The fraction of sp³-hybridized carbons (Fsp3) is 0.562. The van der Waals surface area contributed by atoms with Crippen LogP contribution in [0.2, 0.25) is 0 Å². The topological polar surface area (TPSA) is 63.2 Å². The third kappa shape index (κ3) is 3.69. The number of hydrogen-bond donors (Lipinski definition) is 0. The molecule has 0 bridgehead atoms. The Morgan fingerprint density at radius 1 is 1.32 bits per heavy atom. The largest absolute Gasteiger partial charge is 0.461 e. The lowest BCUT2D eigenvalue weighted by Gasteiger charge is -2.23. The van der Waals surface area contributed by atoms with E-state index >= 15 is 0 Å². The second kappa shape index (κ2) is 6.98. The van der Waals surface area contributed by atoms with Gasteiger partial charge in [-0.25, -0.2) is 4.79 Å². The summed E-state index contributed by atoms with van der Waals surface area (Å²) in [6.45, 7) is 3.40. The van der Waals surface area contributed by atoms with Crippen LogP contribution in [0.1, 0.15) is 18.9 Å². The van der Waals surface area contributed by atoms with Gasteiger partial charge in [0.05, 0.1) is 25.9 Å². The summed E-state index contributed by atoms with van der Waals surface area (Å²) >= 11 is 0. The van der Waals surface area contributed by atoms with Crippen LogP contribution in [0.15, 0.2) is 18.2 Å². The molecule has 2 aliphatic heterocycles. The SMILES string of the molecule is C[C@@H](CCc1ccc2c(c1)OCO2)OC(=O)[C@H]1COCCO1. The zero-order valence-corrected chi connectivity index (χ0v) is 12.6. The van der Waals surface area contributed by atoms with E-state index in [1.54, 1.807) is 0 Å². The number of rotatable bonds is 5. The van der Waals surface area contributed by atoms with E-state index in [0.29, 0.717) is 13.2 Å². The average molecular weight is 308 g/mol. The Labute approximate surface area is 129 Å². The highest BCUT2D eigenvalue weighted by Crippen LogP contribution is 2.32. The number of aryl methyl sites for hydroxylation is 1. The number of hydrogen-bond acceptors (Lipinski definition) is 6. The first-order valence-corrected chi connectivity index (χ1v) is 7.51. The molecule has 1 aromatic rings. The molecular weight excluding hydrogens is 288 g/mol. The molecule has 0 aromatic heterocycles. The Hall–Kier alpha value is -1.79. The number of carbonyl (C=O) groups excluding carboxylic acids is 1. The van der Waals surface area contributed by atoms with Crippen molar-refractivity contribution in [2.24, 2.45) is 0 Å². The Morgan fingerprint density at radius 2 is 2.18 bits per heavy atom. The normalized spacial score (nSPS) is 21.4. The molecule has 0 radical (unpaired) electrons. The van der Waals surface area contributed by atoms with Crippen molar-refractivity contribution in [1.29, 1.82) is 0 Å². The summed E-state index contributed by atoms with van der Waals surface area (Å²) in [4.78, 5) is 11.9. The zero-order chi connectivity index (χ0) is 15.4. The van der Waals surface area contributed by atoms with E-state index < -0.39 is 6.10 Å². The van der Waals surface area contributed by atoms with Crippen LogP contribution in [-0.2, 0) is 25.4 Å². The molecule has 0 amide bonds. The first-order valence-electron chi connectivity index (χ1n) is 7.51. The zero-order valence-electron chi connectivity index (χ0n) is 12.6. The van der Waals surface area contributed by atoms with Crippen LogP contribution in [0.5, 0.6) is 11.5 Å². The van der Waals surface area contributed by atoms with Crippen LogP contribution in [0.25, 0.3) is 0 Å². The van der Waals surface area contributed by atoms with Gasteiger partial charge in [0.2, 0.25) is 6.79 Å². The quantitative estimate of drug-likeness (QED) is 0.772. The molecule has 0 saturated carbocycles. The lowest BCUT2D eigenvalue weighted by molar-refractivity contribution is -0.175. The van der Waals surface area contributed by atoms with Crippen molar-refractivity contribution in [3.63, 3.8) is 0 Å². The molecule has 6 heteroatoms. The molecule has 2 aliphatic rings. The summed E-state index contributed by atoms with van der Waals surface area (Å²) in [5.41, 5.74) is 1.13. The van der Waals surface area contributed by atoms with Gasteiger partial charge >= 0.3 is 5.97 Å². The molecule has 6 nitrogen and oxygen atoms in total. The molecule has 1 saturated heterocycles. The summed E-state index contributed by atoms with van der Waals surface area (Å²) in [7, 11) is 0. The summed E-state index contributed by atoms with van der Waals surface area (Å²) in [5.74, 6) is 1.20. The first-order chi connectivity index (χ1) is 10.7. The van der Waals surface area contributed by atoms with Crippen molar-refractivity contribution in [3.05, 3.63) is 23.8 Å². The molecule has 1 fully saturated rings. The monoisotopic (exact) mass is 308 g/mol. The predicted molar refractivity (Wildman–Crippen MR) is 77.0 cm³/mol. The molecule has 0 N–H and O–H groups in total. The Balaban J connectivity index is 1.45. The van der Waals surface area contributed by atoms with Crippen LogP contribution in [0, 0.1) is 0 Å². The van der Waals surface area contributed by atoms with Gasteiger partial charge in [-0.3, -0.25) is 0 Å². The molecule has 3 rings (SSSR count). The summed E-state index contributed by atoms with van der Waals surface area (Å²) in [5, 5.41) is 0. The fourth-order valence-corrected chi connectivity index (χ4v) is 2.42. The second-order valence-electron chi connectivity index (χ2n) is 5.41. The van der Waals surface area contributed by atoms with Crippen molar-refractivity contribution in [3.8, 4) is 11.5 Å². The minimum absolute atomic E-state index is 0.177.